The predicted octanol–water partition coefficient (Wildman–Crippen LogP) is 4.98. The van der Waals surface area contributed by atoms with E-state index in [0.717, 1.165) is 16.6 Å². The second-order valence-corrected chi connectivity index (χ2v) is 6.34. The van der Waals surface area contributed by atoms with E-state index in [4.69, 9.17) is 9.15 Å². The maximum Gasteiger partial charge on any atom is 0.346 e. The van der Waals surface area contributed by atoms with E-state index in [1.807, 2.05) is 60.8 Å². The molecule has 4 aromatic rings. The first-order valence-corrected chi connectivity index (χ1v) is 8.84. The van der Waals surface area contributed by atoms with Gasteiger partial charge in [0, 0.05) is 22.4 Å². The Balaban J connectivity index is 1.77. The molecule has 4 rings (SSSR count). The van der Waals surface area contributed by atoms with Crippen LogP contribution in [0.5, 0.6) is 5.75 Å². The molecule has 0 amide bonds. The second kappa shape index (κ2) is 6.53. The summed E-state index contributed by atoms with van der Waals surface area (Å²) in [6.07, 6.45) is 0. The average Bonchev–Trinajstić information content (AvgIpc) is 3.12. The quantitative estimate of drug-likeness (QED) is 0.488. The van der Waals surface area contributed by atoms with Gasteiger partial charge < -0.3 is 9.15 Å². The Kier molecular flexibility index (Phi) is 4.07. The number of rotatable bonds is 4. The Labute approximate surface area is 148 Å². The molecular formula is C20H15NO3S. The molecule has 5 heteroatoms. The lowest BCUT2D eigenvalue weighted by atomic mass is 10.1. The summed E-state index contributed by atoms with van der Waals surface area (Å²) < 4.78 is 10.9. The molecule has 0 atom stereocenters. The van der Waals surface area contributed by atoms with Crippen LogP contribution in [-0.4, -0.2) is 11.6 Å². The van der Waals surface area contributed by atoms with Crippen LogP contribution in [0.4, 0.5) is 0 Å². The van der Waals surface area contributed by atoms with Crippen molar-refractivity contribution < 1.29 is 9.15 Å². The minimum Gasteiger partial charge on any atom is -0.494 e. The van der Waals surface area contributed by atoms with E-state index in [1.54, 1.807) is 6.07 Å². The molecule has 0 saturated heterocycles. The number of thiazole rings is 1. The third-order valence-electron chi connectivity index (χ3n) is 3.82. The van der Waals surface area contributed by atoms with E-state index in [0.29, 0.717) is 28.5 Å². The van der Waals surface area contributed by atoms with Crippen LogP contribution in [0, 0.1) is 0 Å². The number of hydrogen-bond acceptors (Lipinski definition) is 5. The van der Waals surface area contributed by atoms with Crippen molar-refractivity contribution in [2.24, 2.45) is 0 Å². The molecule has 0 unspecified atom stereocenters. The Morgan fingerprint density at radius 1 is 1.12 bits per heavy atom. The molecule has 2 aromatic heterocycles. The van der Waals surface area contributed by atoms with E-state index in [9.17, 15) is 4.79 Å². The number of fused-ring (bicyclic) bond motifs is 1. The van der Waals surface area contributed by atoms with Crippen LogP contribution in [0.2, 0.25) is 0 Å². The fraction of sp³-hybridized carbons (Fsp3) is 0.100. The van der Waals surface area contributed by atoms with Crippen LogP contribution in [-0.2, 0) is 0 Å². The molecule has 0 aliphatic heterocycles. The first-order chi connectivity index (χ1) is 12.2. The van der Waals surface area contributed by atoms with E-state index >= 15 is 0 Å². The summed E-state index contributed by atoms with van der Waals surface area (Å²) >= 11 is 1.44. The zero-order valence-electron chi connectivity index (χ0n) is 13.6. The average molecular weight is 349 g/mol. The fourth-order valence-electron chi connectivity index (χ4n) is 2.64. The predicted molar refractivity (Wildman–Crippen MR) is 100 cm³/mol. The largest absolute Gasteiger partial charge is 0.494 e. The zero-order valence-corrected chi connectivity index (χ0v) is 14.4. The van der Waals surface area contributed by atoms with Crippen LogP contribution >= 0.6 is 11.3 Å². The molecule has 0 aliphatic carbocycles. The van der Waals surface area contributed by atoms with Crippen molar-refractivity contribution in [1.29, 1.82) is 0 Å². The first kappa shape index (κ1) is 15.6. The van der Waals surface area contributed by atoms with Crippen LogP contribution in [0.3, 0.4) is 0 Å². The molecule has 0 N–H and O–H groups in total. The van der Waals surface area contributed by atoms with Crippen LogP contribution in [0.1, 0.15) is 6.92 Å². The molecular weight excluding hydrogens is 334 g/mol. The highest BCUT2D eigenvalue weighted by Gasteiger charge is 2.13. The maximum absolute atomic E-state index is 12.4. The van der Waals surface area contributed by atoms with Gasteiger partial charge in [-0.05, 0) is 25.1 Å². The van der Waals surface area contributed by atoms with Gasteiger partial charge >= 0.3 is 5.63 Å². The molecule has 0 fully saturated rings. The van der Waals surface area contributed by atoms with Crippen molar-refractivity contribution in [2.75, 3.05) is 6.61 Å². The summed E-state index contributed by atoms with van der Waals surface area (Å²) in [7, 11) is 0. The highest BCUT2D eigenvalue weighted by atomic mass is 32.1. The van der Waals surface area contributed by atoms with Crippen molar-refractivity contribution in [3.63, 3.8) is 0 Å². The first-order valence-electron chi connectivity index (χ1n) is 7.96. The number of ether oxygens (including phenoxy) is 1. The van der Waals surface area contributed by atoms with E-state index in [1.165, 1.54) is 11.3 Å². The molecule has 124 valence electrons. The lowest BCUT2D eigenvalue weighted by Crippen LogP contribution is -2.02. The highest BCUT2D eigenvalue weighted by molar-refractivity contribution is 7.13. The number of benzene rings is 2. The zero-order chi connectivity index (χ0) is 17.2. The molecule has 4 nitrogen and oxygen atoms in total. The molecule has 0 saturated carbocycles. The number of nitrogens with zero attached hydrogens (tertiary/aromatic N) is 1. The van der Waals surface area contributed by atoms with Gasteiger partial charge in [-0.1, -0.05) is 30.3 Å². The van der Waals surface area contributed by atoms with Gasteiger partial charge in [-0.15, -0.1) is 11.3 Å². The monoisotopic (exact) mass is 349 g/mol. The summed E-state index contributed by atoms with van der Waals surface area (Å²) in [5.74, 6) is 0.687. The summed E-state index contributed by atoms with van der Waals surface area (Å²) in [4.78, 5) is 17.0. The smallest absolute Gasteiger partial charge is 0.346 e. The van der Waals surface area contributed by atoms with Crippen molar-refractivity contribution in [1.82, 2.24) is 4.98 Å². The maximum atomic E-state index is 12.4. The summed E-state index contributed by atoms with van der Waals surface area (Å²) in [6, 6.07) is 17.2. The third kappa shape index (κ3) is 3.06. The normalized spacial score (nSPS) is 10.9. The van der Waals surface area contributed by atoms with Gasteiger partial charge in [-0.3, -0.25) is 0 Å². The van der Waals surface area contributed by atoms with E-state index < -0.39 is 5.63 Å². The molecule has 2 aromatic carbocycles. The lowest BCUT2D eigenvalue weighted by Gasteiger charge is -2.04. The van der Waals surface area contributed by atoms with Crippen molar-refractivity contribution >= 4 is 22.3 Å². The topological polar surface area (TPSA) is 52.3 Å². The Morgan fingerprint density at radius 3 is 2.76 bits per heavy atom. The van der Waals surface area contributed by atoms with Gasteiger partial charge in [0.2, 0.25) is 0 Å². The molecule has 0 radical (unpaired) electrons. The number of hydrogen-bond donors (Lipinski definition) is 0. The van der Waals surface area contributed by atoms with Gasteiger partial charge in [0.15, 0.2) is 0 Å². The highest BCUT2D eigenvalue weighted by Crippen LogP contribution is 2.29. The Bertz CT molecular complexity index is 1080. The Hall–Kier alpha value is -2.92. The molecule has 25 heavy (non-hydrogen) atoms. The van der Waals surface area contributed by atoms with Crippen LogP contribution < -0.4 is 10.4 Å². The van der Waals surface area contributed by atoms with Crippen LogP contribution in [0.25, 0.3) is 32.8 Å². The fourth-order valence-corrected chi connectivity index (χ4v) is 3.47. The van der Waals surface area contributed by atoms with Gasteiger partial charge in [0.1, 0.15) is 16.3 Å². The SMILES string of the molecule is CCOc1ccc2cc(-c3nc(-c4ccccc4)cs3)c(=O)oc2c1. The molecule has 0 bridgehead atoms. The minimum atomic E-state index is -0.393. The molecule has 2 heterocycles. The van der Waals surface area contributed by atoms with Crippen molar-refractivity contribution in [2.45, 2.75) is 6.92 Å². The Morgan fingerprint density at radius 2 is 1.96 bits per heavy atom. The van der Waals surface area contributed by atoms with Crippen molar-refractivity contribution in [3.8, 4) is 27.6 Å². The summed E-state index contributed by atoms with van der Waals surface area (Å²) in [5.41, 5.74) is 2.47. The standard InChI is InChI=1S/C20H15NO3S/c1-2-23-15-9-8-14-10-16(20(22)24-18(14)11-15)19-21-17(12-25-19)13-6-4-3-5-7-13/h3-12H,2H2,1H3. The second-order valence-electron chi connectivity index (χ2n) is 5.48. The molecule has 0 aliphatic rings. The van der Waals surface area contributed by atoms with E-state index in [-0.39, 0.29) is 0 Å². The third-order valence-corrected chi connectivity index (χ3v) is 4.70. The van der Waals surface area contributed by atoms with Gasteiger partial charge in [0.25, 0.3) is 0 Å². The summed E-state index contributed by atoms with van der Waals surface area (Å²) in [6.45, 7) is 2.48. The van der Waals surface area contributed by atoms with Crippen molar-refractivity contribution in [3.05, 3.63) is 70.4 Å². The minimum absolute atomic E-state index is 0.393. The van der Waals surface area contributed by atoms with Gasteiger partial charge in [-0.2, -0.15) is 0 Å². The molecule has 0 spiro atoms. The van der Waals surface area contributed by atoms with Crippen LogP contribution in [0.15, 0.2) is 69.2 Å². The summed E-state index contributed by atoms with van der Waals surface area (Å²) in [5, 5.41) is 3.45. The lowest BCUT2D eigenvalue weighted by molar-refractivity contribution is 0.340. The van der Waals surface area contributed by atoms with Gasteiger partial charge in [0.05, 0.1) is 17.9 Å². The van der Waals surface area contributed by atoms with E-state index in [2.05, 4.69) is 4.98 Å². The number of aromatic nitrogens is 1. The van der Waals surface area contributed by atoms with Gasteiger partial charge in [-0.25, -0.2) is 9.78 Å².